The quantitative estimate of drug-likeness (QED) is 0.179. The number of ether oxygens (including phenoxy) is 3. The molecule has 7 nitrogen and oxygen atoms in total. The first-order valence-corrected chi connectivity index (χ1v) is 17.4. The molecule has 0 bridgehead atoms. The SMILES string of the molecule is C/C1=C\[C@@H]2[C@H](CC[C@]3(CO3)[C@H](OC(=O)c3ccc4ccccc4c3)[C@H]3[C@@H](OC(=O)c4ccc5ccccc5c4)[C@@H](C)C[C@]3(O)C1=O)C2(C)C. The van der Waals surface area contributed by atoms with Crippen LogP contribution in [0.2, 0.25) is 0 Å². The lowest BCUT2D eigenvalue weighted by Crippen LogP contribution is -2.56. The van der Waals surface area contributed by atoms with Crippen molar-refractivity contribution < 1.29 is 33.7 Å². The van der Waals surface area contributed by atoms with Gasteiger partial charge in [-0.1, -0.05) is 87.5 Å². The summed E-state index contributed by atoms with van der Waals surface area (Å²) in [6.45, 7) is 8.37. The molecule has 252 valence electrons. The molecule has 3 fully saturated rings. The minimum Gasteiger partial charge on any atom is -0.458 e. The number of hydrogen-bond acceptors (Lipinski definition) is 7. The Labute approximate surface area is 286 Å². The fourth-order valence-corrected chi connectivity index (χ4v) is 9.04. The van der Waals surface area contributed by atoms with Crippen LogP contribution in [0.15, 0.2) is 96.6 Å². The molecule has 7 heteroatoms. The second-order valence-electron chi connectivity index (χ2n) is 15.5. The summed E-state index contributed by atoms with van der Waals surface area (Å²) >= 11 is 0. The predicted molar refractivity (Wildman–Crippen MR) is 186 cm³/mol. The van der Waals surface area contributed by atoms with Crippen molar-refractivity contribution >= 4 is 39.3 Å². The van der Waals surface area contributed by atoms with Gasteiger partial charge in [-0.15, -0.1) is 0 Å². The van der Waals surface area contributed by atoms with Crippen LogP contribution in [0, 0.1) is 29.1 Å². The van der Waals surface area contributed by atoms with E-state index in [1.54, 1.807) is 31.2 Å². The summed E-state index contributed by atoms with van der Waals surface area (Å²) in [7, 11) is 0. The molecule has 0 unspecified atom stereocenters. The van der Waals surface area contributed by atoms with Gasteiger partial charge in [0.25, 0.3) is 0 Å². The van der Waals surface area contributed by atoms with Crippen LogP contribution in [0.25, 0.3) is 21.5 Å². The van der Waals surface area contributed by atoms with Crippen molar-refractivity contribution in [3.63, 3.8) is 0 Å². The Kier molecular flexibility index (Phi) is 7.40. The smallest absolute Gasteiger partial charge is 0.338 e. The van der Waals surface area contributed by atoms with E-state index in [0.717, 1.165) is 28.0 Å². The van der Waals surface area contributed by atoms with Crippen LogP contribution >= 0.6 is 0 Å². The lowest BCUT2D eigenvalue weighted by atomic mass is 9.74. The second kappa shape index (κ2) is 11.4. The standard InChI is InChI=1S/C42H42O7/c1-24-19-33-32(40(33,3)4)17-18-41(23-47-41)37(49-39(45)31-16-14-27-10-6-8-12-29(27)21-31)34-35(25(2)22-42(34,46)36(24)43)48-38(44)30-15-13-26-9-5-7-11-28(26)20-30/h5-16,19-21,25,32-35,37,46H,17-18,22-23H2,1-4H3/b24-19+/t25-,32-,33+,34+,35-,37+,41-,42+/m0/s1. The molecular weight excluding hydrogens is 616 g/mol. The number of fused-ring (bicyclic) bond motifs is 4. The average molecular weight is 659 g/mol. The van der Waals surface area contributed by atoms with Gasteiger partial charge in [0.15, 0.2) is 5.78 Å². The number of carbonyl (C=O) groups is 3. The van der Waals surface area contributed by atoms with Crippen molar-refractivity contribution in [3.8, 4) is 0 Å². The Balaban J connectivity index is 1.21. The zero-order valence-corrected chi connectivity index (χ0v) is 28.3. The van der Waals surface area contributed by atoms with E-state index in [1.165, 1.54) is 0 Å². The number of rotatable bonds is 4. The van der Waals surface area contributed by atoms with E-state index >= 15 is 0 Å². The van der Waals surface area contributed by atoms with Gasteiger partial charge in [-0.2, -0.15) is 0 Å². The maximum Gasteiger partial charge on any atom is 0.338 e. The monoisotopic (exact) mass is 658 g/mol. The Bertz CT molecular complexity index is 2040. The van der Waals surface area contributed by atoms with Crippen molar-refractivity contribution in [2.75, 3.05) is 6.61 Å². The minimum absolute atomic E-state index is 0.00298. The Morgan fingerprint density at radius 2 is 1.39 bits per heavy atom. The van der Waals surface area contributed by atoms with E-state index < -0.39 is 53.0 Å². The van der Waals surface area contributed by atoms with E-state index in [2.05, 4.69) is 13.8 Å². The second-order valence-corrected chi connectivity index (χ2v) is 15.5. The highest BCUT2D eigenvalue weighted by atomic mass is 16.6. The third-order valence-corrected chi connectivity index (χ3v) is 12.1. The molecule has 1 saturated heterocycles. The summed E-state index contributed by atoms with van der Waals surface area (Å²) in [6.07, 6.45) is 1.48. The van der Waals surface area contributed by atoms with E-state index in [4.69, 9.17) is 14.2 Å². The number of esters is 2. The number of hydrogen-bond donors (Lipinski definition) is 1. The van der Waals surface area contributed by atoms with Gasteiger partial charge < -0.3 is 19.3 Å². The fraction of sp³-hybridized carbons (Fsp3) is 0.405. The lowest BCUT2D eigenvalue weighted by Gasteiger charge is -2.39. The molecule has 8 atom stereocenters. The van der Waals surface area contributed by atoms with Crippen LogP contribution in [-0.4, -0.2) is 52.8 Å². The van der Waals surface area contributed by atoms with Crippen LogP contribution in [0.5, 0.6) is 0 Å². The molecule has 4 aromatic rings. The first-order valence-electron chi connectivity index (χ1n) is 17.4. The van der Waals surface area contributed by atoms with E-state index in [1.807, 2.05) is 73.7 Å². The van der Waals surface area contributed by atoms with Gasteiger partial charge in [0.2, 0.25) is 0 Å². The topological polar surface area (TPSA) is 102 Å². The molecule has 0 aromatic heterocycles. The molecule has 8 rings (SSSR count). The van der Waals surface area contributed by atoms with E-state index in [9.17, 15) is 19.5 Å². The van der Waals surface area contributed by atoms with Gasteiger partial charge in [0.05, 0.1) is 23.7 Å². The van der Waals surface area contributed by atoms with Crippen molar-refractivity contribution in [2.45, 2.75) is 70.4 Å². The van der Waals surface area contributed by atoms with Crippen molar-refractivity contribution in [3.05, 3.63) is 108 Å². The van der Waals surface area contributed by atoms with Crippen LogP contribution in [-0.2, 0) is 19.0 Å². The fourth-order valence-electron chi connectivity index (χ4n) is 9.04. The van der Waals surface area contributed by atoms with Crippen LogP contribution in [0.3, 0.4) is 0 Å². The lowest BCUT2D eigenvalue weighted by molar-refractivity contribution is -0.151. The highest BCUT2D eigenvalue weighted by Gasteiger charge is 2.69. The molecule has 1 aliphatic heterocycles. The van der Waals surface area contributed by atoms with Crippen LogP contribution in [0.4, 0.5) is 0 Å². The van der Waals surface area contributed by atoms with E-state index in [-0.39, 0.29) is 17.8 Å². The zero-order chi connectivity index (χ0) is 34.3. The van der Waals surface area contributed by atoms with Crippen LogP contribution < -0.4 is 0 Å². The number of epoxide rings is 1. The van der Waals surface area contributed by atoms with Crippen LogP contribution in [0.1, 0.15) is 67.7 Å². The van der Waals surface area contributed by atoms with Gasteiger partial charge in [0.1, 0.15) is 23.4 Å². The average Bonchev–Trinajstić information content (AvgIpc) is 3.96. The summed E-state index contributed by atoms with van der Waals surface area (Å²) in [5.41, 5.74) is -1.69. The third kappa shape index (κ3) is 5.29. The van der Waals surface area contributed by atoms with Gasteiger partial charge in [-0.05, 0) is 101 Å². The Morgan fingerprint density at radius 1 is 0.837 bits per heavy atom. The van der Waals surface area contributed by atoms with Gasteiger partial charge in [-0.3, -0.25) is 4.79 Å². The summed E-state index contributed by atoms with van der Waals surface area (Å²) in [6, 6.07) is 26.3. The van der Waals surface area contributed by atoms with Gasteiger partial charge >= 0.3 is 11.9 Å². The molecule has 1 heterocycles. The summed E-state index contributed by atoms with van der Waals surface area (Å²) in [5.74, 6) is -2.52. The number of ketones is 1. The normalized spacial score (nSPS) is 34.3. The molecule has 49 heavy (non-hydrogen) atoms. The summed E-state index contributed by atoms with van der Waals surface area (Å²) < 4.78 is 19.0. The zero-order valence-electron chi connectivity index (χ0n) is 28.3. The first kappa shape index (κ1) is 31.9. The van der Waals surface area contributed by atoms with Gasteiger partial charge in [-0.25, -0.2) is 9.59 Å². The number of Topliss-reactive ketones (excluding diaryl/α,β-unsaturated/α-hetero) is 1. The number of benzene rings is 4. The Morgan fingerprint density at radius 3 is 1.96 bits per heavy atom. The Hall–Kier alpha value is -4.33. The summed E-state index contributed by atoms with van der Waals surface area (Å²) in [5, 5.41) is 16.5. The number of carbonyl (C=O) groups excluding carboxylic acids is 3. The molecule has 0 radical (unpaired) electrons. The molecule has 2 saturated carbocycles. The molecule has 0 amide bonds. The largest absolute Gasteiger partial charge is 0.458 e. The number of aliphatic hydroxyl groups is 1. The molecular formula is C42H42O7. The molecule has 1 N–H and O–H groups in total. The first-order chi connectivity index (χ1) is 23.4. The molecule has 1 spiro atoms. The minimum atomic E-state index is -1.96. The molecule has 4 aliphatic rings. The van der Waals surface area contributed by atoms with E-state index in [0.29, 0.717) is 35.6 Å². The highest BCUT2D eigenvalue weighted by Crippen LogP contribution is 2.63. The maximum absolute atomic E-state index is 14.5. The summed E-state index contributed by atoms with van der Waals surface area (Å²) in [4.78, 5) is 42.5. The third-order valence-electron chi connectivity index (χ3n) is 12.1. The van der Waals surface area contributed by atoms with Crippen molar-refractivity contribution in [1.29, 1.82) is 0 Å². The van der Waals surface area contributed by atoms with Gasteiger partial charge in [0, 0.05) is 0 Å². The van der Waals surface area contributed by atoms with Crippen molar-refractivity contribution in [1.82, 2.24) is 0 Å². The van der Waals surface area contributed by atoms with Crippen molar-refractivity contribution in [2.24, 2.45) is 29.1 Å². The molecule has 3 aliphatic carbocycles. The maximum atomic E-state index is 14.5. The molecule has 4 aromatic carbocycles. The predicted octanol–water partition coefficient (Wildman–Crippen LogP) is 7.48. The number of allylic oxidation sites excluding steroid dienone is 1. The highest BCUT2D eigenvalue weighted by molar-refractivity contribution is 6.02.